The van der Waals surface area contributed by atoms with Crippen molar-refractivity contribution in [3.05, 3.63) is 131 Å². The molecule has 6 aliphatic heterocycles. The van der Waals surface area contributed by atoms with Gasteiger partial charge in [0.25, 0.3) is 0 Å². The lowest BCUT2D eigenvalue weighted by Crippen LogP contribution is -3.00. The summed E-state index contributed by atoms with van der Waals surface area (Å²) in [4.78, 5) is 16.2. The monoisotopic (exact) mass is 736 g/mol. The summed E-state index contributed by atoms with van der Waals surface area (Å²) >= 11 is 0. The van der Waals surface area contributed by atoms with Crippen LogP contribution in [-0.2, 0) is 15.6 Å². The fourth-order valence-electron chi connectivity index (χ4n) is 8.01. The fourth-order valence-corrected chi connectivity index (χ4v) is 8.01. The van der Waals surface area contributed by atoms with Gasteiger partial charge in [0.1, 0.15) is 6.54 Å². The molecule has 3 aromatic rings. The van der Waals surface area contributed by atoms with E-state index in [4.69, 9.17) is 0 Å². The number of hydrogen-bond donors (Lipinski definition) is 2. The number of allylic oxidation sites excluding steroid dienone is 7. The van der Waals surface area contributed by atoms with Crippen LogP contribution in [-0.4, -0.2) is 29.3 Å². The molecular weight excluding hydrogens is 691 g/mol. The van der Waals surface area contributed by atoms with Crippen molar-refractivity contribution in [1.82, 2.24) is 0 Å². The number of para-hydroxylation sites is 2. The molecule has 242 valence electrons. The largest absolute Gasteiger partial charge is 1.00 e. The molecule has 6 heterocycles. The quantitative estimate of drug-likeness (QED) is 0.250. The van der Waals surface area contributed by atoms with E-state index in [1.807, 2.05) is 12.1 Å². The molecule has 7 aliphatic rings. The molecule has 4 bridgehead atoms. The van der Waals surface area contributed by atoms with E-state index in [1.54, 1.807) is 0 Å². The van der Waals surface area contributed by atoms with Crippen molar-refractivity contribution in [3.8, 4) is 0 Å². The summed E-state index contributed by atoms with van der Waals surface area (Å²) in [5.41, 5.74) is 12.8. The zero-order chi connectivity index (χ0) is 32.2. The van der Waals surface area contributed by atoms with Crippen LogP contribution in [0, 0.1) is 5.92 Å². The minimum absolute atomic E-state index is 0. The zero-order valence-corrected chi connectivity index (χ0v) is 30.5. The minimum Gasteiger partial charge on any atom is -1.00 e. The maximum absolute atomic E-state index is 13.8. The van der Waals surface area contributed by atoms with Crippen LogP contribution in [0.3, 0.4) is 0 Å². The fraction of sp³-hybridized carbons (Fsp3) is 0.317. The Labute approximate surface area is 296 Å². The van der Waals surface area contributed by atoms with Crippen LogP contribution in [0.4, 0.5) is 22.7 Å². The first-order valence-electron chi connectivity index (χ1n) is 16.8. The first kappa shape index (κ1) is 33.0. The number of carbonyl (C=O) groups excluding carboxylic acids is 1. The normalized spacial score (nSPS) is 22.4. The number of nitrogens with zero attached hydrogens (tertiary/aromatic N) is 2. The molecule has 10 rings (SSSR count). The second kappa shape index (κ2) is 12.6. The predicted octanol–water partition coefficient (Wildman–Crippen LogP) is 6.00. The molecular formula is C41H45IN4O. The standard InChI is InChI=1S/C41H44N4O.HI/c1-7-44-34-15-11-9-13-32(34)40(3,4)36(44)23-17-27-25-29-26-28(38(27)42-30-19-21-31(22-20-30)43-39(29)46)18-24-37-41(5,6)33-14-10-12-16-35(33)45(37)8-2;/h9-24,29H,7-8,25-26H2,1-6H3,(H,43,46);1H/b27-17+,36-23+,42-38?;. The number of carbonyl (C=O) groups is 1. The number of anilines is 3. The third-order valence-electron chi connectivity index (χ3n) is 10.5. The SMILES string of the molecule is CCN1/C(=C/C=C2\CC3CC(/C=C/C4=[N+](CC)c5ccccc5C4(C)C)=C2Nc2ccc(cc2)NC3=O)C(C)(C)c2ccccc21.[I-]. The predicted molar refractivity (Wildman–Crippen MR) is 191 cm³/mol. The van der Waals surface area contributed by atoms with Crippen molar-refractivity contribution in [2.45, 2.75) is 65.2 Å². The lowest BCUT2D eigenvalue weighted by atomic mass is 9.79. The van der Waals surface area contributed by atoms with E-state index in [2.05, 4.69) is 147 Å². The number of amides is 1. The molecule has 3 aromatic carbocycles. The van der Waals surface area contributed by atoms with Crippen LogP contribution in [0.2, 0.25) is 0 Å². The van der Waals surface area contributed by atoms with Crippen LogP contribution in [0.25, 0.3) is 0 Å². The molecule has 1 amide bonds. The minimum atomic E-state index is -0.177. The summed E-state index contributed by atoms with van der Waals surface area (Å²) in [6.45, 7) is 15.5. The maximum Gasteiger partial charge on any atom is 0.228 e. The van der Waals surface area contributed by atoms with Gasteiger partial charge in [-0.2, -0.15) is 4.58 Å². The van der Waals surface area contributed by atoms with Gasteiger partial charge in [-0.15, -0.1) is 0 Å². The summed E-state index contributed by atoms with van der Waals surface area (Å²) in [6, 6.07) is 25.6. The van der Waals surface area contributed by atoms with Crippen molar-refractivity contribution < 1.29 is 33.3 Å². The molecule has 0 aromatic heterocycles. The molecule has 0 saturated carbocycles. The summed E-state index contributed by atoms with van der Waals surface area (Å²) in [6.07, 6.45) is 10.5. The molecule has 1 aliphatic carbocycles. The Kier molecular flexibility index (Phi) is 8.85. The van der Waals surface area contributed by atoms with Crippen molar-refractivity contribution in [1.29, 1.82) is 0 Å². The molecule has 2 N–H and O–H groups in total. The Morgan fingerprint density at radius 1 is 0.809 bits per heavy atom. The van der Waals surface area contributed by atoms with Gasteiger partial charge in [-0.25, -0.2) is 0 Å². The van der Waals surface area contributed by atoms with E-state index in [0.717, 1.165) is 41.3 Å². The van der Waals surface area contributed by atoms with Gasteiger partial charge < -0.3 is 39.5 Å². The lowest BCUT2D eigenvalue weighted by molar-refractivity contribution is -0.433. The number of fused-ring (bicyclic) bond motifs is 2. The summed E-state index contributed by atoms with van der Waals surface area (Å²) in [5.74, 6) is -0.109. The van der Waals surface area contributed by atoms with Gasteiger partial charge in [0.2, 0.25) is 11.6 Å². The smallest absolute Gasteiger partial charge is 0.228 e. The molecule has 1 unspecified atom stereocenters. The van der Waals surface area contributed by atoms with Crippen LogP contribution in [0.1, 0.15) is 65.5 Å². The topological polar surface area (TPSA) is 47.4 Å². The van der Waals surface area contributed by atoms with Gasteiger partial charge >= 0.3 is 0 Å². The van der Waals surface area contributed by atoms with Crippen LogP contribution in [0.5, 0.6) is 0 Å². The van der Waals surface area contributed by atoms with E-state index in [0.29, 0.717) is 12.8 Å². The van der Waals surface area contributed by atoms with E-state index < -0.39 is 0 Å². The van der Waals surface area contributed by atoms with Gasteiger partial charge in [-0.1, -0.05) is 62.4 Å². The Balaban J connectivity index is 0.00000386. The molecule has 5 nitrogen and oxygen atoms in total. The average Bonchev–Trinajstić information content (AvgIpc) is 3.39. The molecule has 0 fully saturated rings. The zero-order valence-electron chi connectivity index (χ0n) is 28.3. The Morgan fingerprint density at radius 3 is 2.17 bits per heavy atom. The van der Waals surface area contributed by atoms with Crippen molar-refractivity contribution >= 4 is 34.4 Å². The number of hydrogen-bond acceptors (Lipinski definition) is 3. The van der Waals surface area contributed by atoms with E-state index in [-0.39, 0.29) is 46.6 Å². The lowest BCUT2D eigenvalue weighted by Gasteiger charge is -2.29. The highest BCUT2D eigenvalue weighted by atomic mass is 127. The molecule has 0 radical (unpaired) electrons. The molecule has 0 saturated heterocycles. The third-order valence-corrected chi connectivity index (χ3v) is 10.5. The van der Waals surface area contributed by atoms with Crippen LogP contribution >= 0.6 is 0 Å². The summed E-state index contributed by atoms with van der Waals surface area (Å²) in [7, 11) is 0. The second-order valence-corrected chi connectivity index (χ2v) is 13.9. The molecule has 6 heteroatoms. The van der Waals surface area contributed by atoms with Gasteiger partial charge in [0, 0.05) is 64.0 Å². The van der Waals surface area contributed by atoms with Crippen molar-refractivity contribution in [3.63, 3.8) is 0 Å². The Morgan fingerprint density at radius 2 is 1.47 bits per heavy atom. The van der Waals surface area contributed by atoms with Crippen molar-refractivity contribution in [2.75, 3.05) is 28.6 Å². The second-order valence-electron chi connectivity index (χ2n) is 13.9. The number of rotatable bonds is 5. The van der Waals surface area contributed by atoms with Gasteiger partial charge in [-0.05, 0) is 93.7 Å². The highest BCUT2D eigenvalue weighted by Crippen LogP contribution is 2.48. The van der Waals surface area contributed by atoms with Gasteiger partial charge in [0.15, 0.2) is 5.71 Å². The number of benzene rings is 3. The van der Waals surface area contributed by atoms with Gasteiger partial charge in [0.05, 0.1) is 5.41 Å². The first-order valence-corrected chi connectivity index (χ1v) is 16.8. The number of likely N-dealkylation sites (N-methyl/N-ethyl adjacent to an activating group) is 1. The number of nitrogens with one attached hydrogen (secondary N) is 2. The van der Waals surface area contributed by atoms with Crippen LogP contribution < -0.4 is 39.5 Å². The molecule has 47 heavy (non-hydrogen) atoms. The Bertz CT molecular complexity index is 1890. The van der Waals surface area contributed by atoms with Gasteiger partial charge in [-0.3, -0.25) is 4.79 Å². The molecule has 1 atom stereocenters. The maximum atomic E-state index is 13.8. The van der Waals surface area contributed by atoms with E-state index in [9.17, 15) is 4.79 Å². The highest BCUT2D eigenvalue weighted by Gasteiger charge is 2.44. The first-order chi connectivity index (χ1) is 22.1. The van der Waals surface area contributed by atoms with Crippen molar-refractivity contribution in [2.24, 2.45) is 5.92 Å². The van der Waals surface area contributed by atoms with E-state index >= 15 is 0 Å². The van der Waals surface area contributed by atoms with Crippen LogP contribution in [0.15, 0.2) is 120 Å². The average molecular weight is 737 g/mol. The Hall–Kier alpha value is -3.91. The summed E-state index contributed by atoms with van der Waals surface area (Å²) < 4.78 is 2.43. The summed E-state index contributed by atoms with van der Waals surface area (Å²) in [5, 5.41) is 7.00. The van der Waals surface area contributed by atoms with E-state index in [1.165, 1.54) is 33.9 Å². The number of halogens is 1. The highest BCUT2D eigenvalue weighted by molar-refractivity contribution is 6.03. The third kappa shape index (κ3) is 5.58. The molecule has 0 spiro atoms.